The molecule has 0 aromatic carbocycles. The summed E-state index contributed by atoms with van der Waals surface area (Å²) in [7, 11) is 0. The Kier molecular flexibility index (Phi) is 12.8. The molecule has 0 aliphatic carbocycles. The smallest absolute Gasteiger partial charge is 0.187 e. The molecule has 0 amide bonds. The van der Waals surface area contributed by atoms with Gasteiger partial charge in [-0.15, -0.1) is 0 Å². The van der Waals surface area contributed by atoms with Crippen molar-refractivity contribution in [1.82, 2.24) is 0 Å². The molecule has 0 bridgehead atoms. The number of hydrogen-bond donors (Lipinski definition) is 14. The van der Waals surface area contributed by atoms with E-state index < -0.39 is 149 Å². The zero-order valence-corrected chi connectivity index (χ0v) is 23.5. The third-order valence-corrected chi connectivity index (χ3v) is 8.17. The maximum Gasteiger partial charge on any atom is 0.187 e. The highest BCUT2D eigenvalue weighted by molar-refractivity contribution is 4.97. The lowest BCUT2D eigenvalue weighted by Crippen LogP contribution is -2.67. The van der Waals surface area contributed by atoms with Gasteiger partial charge in [-0.2, -0.15) is 0 Å². The van der Waals surface area contributed by atoms with E-state index in [4.69, 9.17) is 33.2 Å². The first kappa shape index (κ1) is 37.0. The van der Waals surface area contributed by atoms with Crippen molar-refractivity contribution in [2.45, 2.75) is 123 Å². The summed E-state index contributed by atoms with van der Waals surface area (Å²) in [5.41, 5.74) is 0. The van der Waals surface area contributed by atoms with Crippen molar-refractivity contribution in [3.8, 4) is 0 Å². The van der Waals surface area contributed by atoms with Crippen LogP contribution in [0.2, 0.25) is 0 Å². The van der Waals surface area contributed by atoms with E-state index in [9.17, 15) is 71.5 Å². The molecule has 4 aliphatic heterocycles. The van der Waals surface area contributed by atoms with Crippen LogP contribution in [0.15, 0.2) is 0 Å². The molecule has 0 aromatic rings. The van der Waals surface area contributed by atoms with Crippen molar-refractivity contribution >= 4 is 0 Å². The van der Waals surface area contributed by atoms with Gasteiger partial charge >= 0.3 is 0 Å². The van der Waals surface area contributed by atoms with Gasteiger partial charge in [0, 0.05) is 0 Å². The predicted octanol–water partition coefficient (Wildman–Crippen LogP) is -9.75. The van der Waals surface area contributed by atoms with Crippen molar-refractivity contribution in [3.63, 3.8) is 0 Å². The lowest BCUT2D eigenvalue weighted by molar-refractivity contribution is -0.382. The van der Waals surface area contributed by atoms with Gasteiger partial charge in [-0.3, -0.25) is 0 Å². The van der Waals surface area contributed by atoms with Gasteiger partial charge in [0.15, 0.2) is 25.2 Å². The summed E-state index contributed by atoms with van der Waals surface area (Å²) < 4.78 is 37.9. The van der Waals surface area contributed by atoms with Gasteiger partial charge in [0.05, 0.1) is 26.4 Å². The van der Waals surface area contributed by atoms with Crippen LogP contribution in [0.5, 0.6) is 0 Å². The van der Waals surface area contributed by atoms with E-state index in [-0.39, 0.29) is 0 Å². The molecule has 264 valence electrons. The number of hydrogen-bond acceptors (Lipinski definition) is 21. The van der Waals surface area contributed by atoms with Crippen molar-refractivity contribution in [1.29, 1.82) is 0 Å². The van der Waals surface area contributed by atoms with Crippen LogP contribution in [-0.2, 0) is 33.2 Å². The second-order valence-corrected chi connectivity index (χ2v) is 11.2. The van der Waals surface area contributed by atoms with E-state index in [1.165, 1.54) is 0 Å². The third-order valence-electron chi connectivity index (χ3n) is 8.17. The minimum Gasteiger partial charge on any atom is -0.394 e. The monoisotopic (exact) mass is 666 g/mol. The maximum atomic E-state index is 10.9. The van der Waals surface area contributed by atoms with Crippen LogP contribution in [0.25, 0.3) is 0 Å². The van der Waals surface area contributed by atoms with Gasteiger partial charge in [-0.05, 0) is 0 Å². The average Bonchev–Trinajstić information content (AvgIpc) is 3.38. The highest BCUT2D eigenvalue weighted by atomic mass is 16.8. The largest absolute Gasteiger partial charge is 0.394 e. The van der Waals surface area contributed by atoms with Gasteiger partial charge < -0.3 is 105 Å². The molecular formula is C24H42O21. The van der Waals surface area contributed by atoms with Crippen LogP contribution in [0.1, 0.15) is 0 Å². The molecule has 19 unspecified atom stereocenters. The fraction of sp³-hybridized carbons (Fsp3) is 1.00. The normalized spacial score (nSPS) is 50.2. The van der Waals surface area contributed by atoms with Crippen LogP contribution in [0.4, 0.5) is 0 Å². The minimum atomic E-state index is -2.28. The van der Waals surface area contributed by atoms with Crippen LogP contribution < -0.4 is 0 Å². The lowest BCUT2D eigenvalue weighted by Gasteiger charge is -2.48. The Labute approximate surface area is 254 Å². The topological polar surface area (TPSA) is 348 Å². The summed E-state index contributed by atoms with van der Waals surface area (Å²) in [5.74, 6) is 0. The molecular weight excluding hydrogens is 624 g/mol. The van der Waals surface area contributed by atoms with E-state index in [2.05, 4.69) is 0 Å². The van der Waals surface area contributed by atoms with Gasteiger partial charge in [0.2, 0.25) is 0 Å². The summed E-state index contributed by atoms with van der Waals surface area (Å²) in [4.78, 5) is 0. The number of rotatable bonds is 11. The molecule has 4 aliphatic rings. The molecule has 21 nitrogen and oxygen atoms in total. The van der Waals surface area contributed by atoms with E-state index in [0.29, 0.717) is 0 Å². The molecule has 0 aromatic heterocycles. The number of aliphatic hydroxyl groups is 14. The molecule has 45 heavy (non-hydrogen) atoms. The highest BCUT2D eigenvalue weighted by Gasteiger charge is 2.55. The van der Waals surface area contributed by atoms with Gasteiger partial charge in [-0.1, -0.05) is 0 Å². The zero-order valence-electron chi connectivity index (χ0n) is 23.5. The summed E-state index contributed by atoms with van der Waals surface area (Å²) in [5, 5.41) is 141. The molecule has 19 atom stereocenters. The van der Waals surface area contributed by atoms with E-state index >= 15 is 0 Å². The number of aliphatic hydroxyl groups excluding tert-OH is 13. The molecule has 4 fully saturated rings. The molecule has 4 heterocycles. The molecule has 0 spiro atoms. The Morgan fingerprint density at radius 2 is 0.911 bits per heavy atom. The summed E-state index contributed by atoms with van der Waals surface area (Å²) in [6.45, 7) is -2.96. The Morgan fingerprint density at radius 3 is 1.33 bits per heavy atom. The molecule has 14 N–H and O–H groups in total. The Balaban J connectivity index is 1.43. The van der Waals surface area contributed by atoms with E-state index in [1.807, 2.05) is 0 Å². The maximum absolute atomic E-state index is 10.9. The van der Waals surface area contributed by atoms with Crippen LogP contribution >= 0.6 is 0 Å². The van der Waals surface area contributed by atoms with E-state index in [1.54, 1.807) is 0 Å². The first-order valence-electron chi connectivity index (χ1n) is 14.1. The SMILES string of the molecule is OCC1OC(OC2C(CO)OC(OC3C(CO)OC(OC4C(O)COC4C(O)C(O)O)C(O)C3O)C(O)C2O)C(O)C(O)C1O. The molecule has 0 saturated carbocycles. The average molecular weight is 667 g/mol. The van der Waals surface area contributed by atoms with Crippen molar-refractivity contribution in [2.75, 3.05) is 26.4 Å². The lowest BCUT2D eigenvalue weighted by atomic mass is 9.96. The first-order chi connectivity index (χ1) is 21.2. The second kappa shape index (κ2) is 15.6. The summed E-state index contributed by atoms with van der Waals surface area (Å²) >= 11 is 0. The first-order valence-corrected chi connectivity index (χ1v) is 14.1. The number of ether oxygens (including phenoxy) is 7. The van der Waals surface area contributed by atoms with Crippen molar-refractivity contribution < 1.29 is 105 Å². The van der Waals surface area contributed by atoms with Gasteiger partial charge in [0.1, 0.15) is 97.7 Å². The Hall–Kier alpha value is -0.840. The minimum absolute atomic E-state index is 0.397. The predicted molar refractivity (Wildman–Crippen MR) is 134 cm³/mol. The van der Waals surface area contributed by atoms with Crippen LogP contribution in [0.3, 0.4) is 0 Å². The fourth-order valence-corrected chi connectivity index (χ4v) is 5.56. The Bertz CT molecular complexity index is 910. The van der Waals surface area contributed by atoms with Crippen molar-refractivity contribution in [3.05, 3.63) is 0 Å². The van der Waals surface area contributed by atoms with Crippen molar-refractivity contribution in [2.24, 2.45) is 0 Å². The van der Waals surface area contributed by atoms with Gasteiger partial charge in [0.25, 0.3) is 0 Å². The zero-order chi connectivity index (χ0) is 33.3. The standard InChI is InChI=1S/C24H42O21/c25-1-6-9(29)10(30)13(33)22(40-6)44-18-8(3-27)42-24(15(35)12(18)32)45-19-7(2-26)41-23(14(34)11(19)31)43-17-5(28)4-39-20(17)16(36)21(37)38/h5-38H,1-4H2. The second-order valence-electron chi connectivity index (χ2n) is 11.2. The Morgan fingerprint density at radius 1 is 0.511 bits per heavy atom. The third kappa shape index (κ3) is 7.59. The summed E-state index contributed by atoms with van der Waals surface area (Å²) in [6, 6.07) is 0. The molecule has 4 rings (SSSR count). The molecule has 0 radical (unpaired) electrons. The fourth-order valence-electron chi connectivity index (χ4n) is 5.56. The highest BCUT2D eigenvalue weighted by Crippen LogP contribution is 2.34. The van der Waals surface area contributed by atoms with Crippen LogP contribution in [-0.4, -0.2) is 221 Å². The quantitative estimate of drug-likeness (QED) is 0.0910. The van der Waals surface area contributed by atoms with Crippen LogP contribution in [0, 0.1) is 0 Å². The molecule has 4 saturated heterocycles. The summed E-state index contributed by atoms with van der Waals surface area (Å²) in [6.07, 6.45) is -35.2. The molecule has 21 heteroatoms. The van der Waals surface area contributed by atoms with E-state index in [0.717, 1.165) is 0 Å². The van der Waals surface area contributed by atoms with Gasteiger partial charge in [-0.25, -0.2) is 0 Å².